The molecule has 0 aliphatic heterocycles. The van der Waals surface area contributed by atoms with Gasteiger partial charge in [0.05, 0.1) is 12.2 Å². The normalized spacial score (nSPS) is 23.1. The van der Waals surface area contributed by atoms with Gasteiger partial charge < -0.3 is 4.74 Å². The van der Waals surface area contributed by atoms with Crippen LogP contribution in [0.25, 0.3) is 0 Å². The lowest BCUT2D eigenvalue weighted by molar-refractivity contribution is -0.110. The van der Waals surface area contributed by atoms with Crippen molar-refractivity contribution in [2.24, 2.45) is 5.41 Å². The molecule has 0 spiro atoms. The summed E-state index contributed by atoms with van der Waals surface area (Å²) in [4.78, 5) is 0. The molecule has 0 N–H and O–H groups in total. The number of hydrogen-bond acceptors (Lipinski definition) is 1. The highest BCUT2D eigenvalue weighted by Crippen LogP contribution is 2.45. The van der Waals surface area contributed by atoms with Gasteiger partial charge in [0.2, 0.25) is 0 Å². The Bertz CT molecular complexity index is 143. The van der Waals surface area contributed by atoms with E-state index >= 15 is 0 Å². The molecular formula is C12H23O. The molecule has 0 aromatic carbocycles. The third-order valence-corrected chi connectivity index (χ3v) is 3.37. The van der Waals surface area contributed by atoms with Crippen LogP contribution in [0.1, 0.15) is 59.8 Å². The lowest BCUT2D eigenvalue weighted by atomic mass is 9.68. The zero-order chi connectivity index (χ0) is 9.95. The fourth-order valence-corrected chi connectivity index (χ4v) is 2.39. The van der Waals surface area contributed by atoms with Crippen LogP contribution in [0.4, 0.5) is 0 Å². The molecule has 0 saturated heterocycles. The Morgan fingerprint density at radius 1 is 1.08 bits per heavy atom. The maximum absolute atomic E-state index is 5.91. The van der Waals surface area contributed by atoms with Crippen LogP contribution in [0.15, 0.2) is 0 Å². The number of ether oxygens (including phenoxy) is 1. The number of rotatable bonds is 2. The fourth-order valence-electron chi connectivity index (χ4n) is 2.39. The molecule has 0 unspecified atom stereocenters. The average Bonchev–Trinajstić information content (AvgIpc) is 2.04. The molecule has 77 valence electrons. The highest BCUT2D eigenvalue weighted by Gasteiger charge is 2.43. The first-order valence-electron chi connectivity index (χ1n) is 5.47. The van der Waals surface area contributed by atoms with E-state index in [9.17, 15) is 0 Å². The van der Waals surface area contributed by atoms with Gasteiger partial charge >= 0.3 is 0 Å². The smallest absolute Gasteiger partial charge is 0.0814 e. The van der Waals surface area contributed by atoms with Gasteiger partial charge in [0.1, 0.15) is 0 Å². The first-order chi connectivity index (χ1) is 6.02. The summed E-state index contributed by atoms with van der Waals surface area (Å²) in [7, 11) is 0. The molecule has 1 rings (SSSR count). The van der Waals surface area contributed by atoms with Crippen LogP contribution in [0.3, 0.4) is 0 Å². The van der Waals surface area contributed by atoms with Gasteiger partial charge in [0.25, 0.3) is 0 Å². The SMILES string of the molecule is C[CH]OC1(C(C)(C)C)CCCCC1. The van der Waals surface area contributed by atoms with Crippen molar-refractivity contribution in [1.29, 1.82) is 0 Å². The molecule has 1 saturated carbocycles. The Morgan fingerprint density at radius 2 is 1.62 bits per heavy atom. The maximum Gasteiger partial charge on any atom is 0.0814 e. The van der Waals surface area contributed by atoms with Crippen molar-refractivity contribution in [2.45, 2.75) is 65.4 Å². The van der Waals surface area contributed by atoms with Crippen molar-refractivity contribution in [3.8, 4) is 0 Å². The summed E-state index contributed by atoms with van der Waals surface area (Å²) in [6, 6.07) is 0. The quantitative estimate of drug-likeness (QED) is 0.630. The molecule has 13 heavy (non-hydrogen) atoms. The van der Waals surface area contributed by atoms with Crippen LogP contribution in [0.5, 0.6) is 0 Å². The minimum Gasteiger partial charge on any atom is -0.369 e. The van der Waals surface area contributed by atoms with E-state index in [0.717, 1.165) is 0 Å². The zero-order valence-corrected chi connectivity index (χ0v) is 9.52. The molecule has 0 aromatic heterocycles. The highest BCUT2D eigenvalue weighted by atomic mass is 16.5. The van der Waals surface area contributed by atoms with Crippen LogP contribution in [0.2, 0.25) is 0 Å². The molecule has 1 aliphatic carbocycles. The molecule has 0 bridgehead atoms. The minimum absolute atomic E-state index is 0.111. The van der Waals surface area contributed by atoms with Crippen molar-refractivity contribution in [3.63, 3.8) is 0 Å². The summed E-state index contributed by atoms with van der Waals surface area (Å²) in [6.07, 6.45) is 6.48. The Kier molecular flexibility index (Phi) is 3.39. The lowest BCUT2D eigenvalue weighted by Crippen LogP contribution is -2.46. The number of hydrogen-bond donors (Lipinski definition) is 0. The van der Waals surface area contributed by atoms with E-state index < -0.39 is 0 Å². The lowest BCUT2D eigenvalue weighted by Gasteiger charge is -2.47. The molecule has 0 atom stereocenters. The Balaban J connectivity index is 2.73. The molecular weight excluding hydrogens is 160 g/mol. The van der Waals surface area contributed by atoms with Crippen LogP contribution in [-0.2, 0) is 4.74 Å². The molecule has 1 aliphatic rings. The molecule has 1 radical (unpaired) electrons. The standard InChI is InChI=1S/C12H23O/c1-5-13-12(11(2,3)4)9-7-6-8-10-12/h5H,6-10H2,1-4H3. The summed E-state index contributed by atoms with van der Waals surface area (Å²) >= 11 is 0. The maximum atomic E-state index is 5.91. The predicted molar refractivity (Wildman–Crippen MR) is 56.3 cm³/mol. The van der Waals surface area contributed by atoms with Gasteiger partial charge in [-0.25, -0.2) is 0 Å². The van der Waals surface area contributed by atoms with Crippen LogP contribution < -0.4 is 0 Å². The first-order valence-corrected chi connectivity index (χ1v) is 5.47. The van der Waals surface area contributed by atoms with Crippen LogP contribution in [-0.4, -0.2) is 5.60 Å². The molecule has 1 fully saturated rings. The summed E-state index contributed by atoms with van der Waals surface area (Å²) in [5.74, 6) is 0. The Hall–Kier alpha value is -0.0400. The topological polar surface area (TPSA) is 9.23 Å². The molecule has 0 aromatic rings. The van der Waals surface area contributed by atoms with E-state index in [-0.39, 0.29) is 11.0 Å². The van der Waals surface area contributed by atoms with E-state index in [1.807, 2.05) is 13.5 Å². The van der Waals surface area contributed by atoms with Crippen LogP contribution in [0, 0.1) is 12.0 Å². The predicted octanol–water partition coefficient (Wildman–Crippen LogP) is 3.93. The summed E-state index contributed by atoms with van der Waals surface area (Å²) < 4.78 is 5.91. The summed E-state index contributed by atoms with van der Waals surface area (Å²) in [6.45, 7) is 10.7. The van der Waals surface area contributed by atoms with Crippen molar-refractivity contribution in [1.82, 2.24) is 0 Å². The average molecular weight is 183 g/mol. The van der Waals surface area contributed by atoms with Gasteiger partial charge in [-0.15, -0.1) is 0 Å². The third kappa shape index (κ3) is 2.25. The van der Waals surface area contributed by atoms with Crippen molar-refractivity contribution in [2.75, 3.05) is 0 Å². The van der Waals surface area contributed by atoms with E-state index in [1.165, 1.54) is 32.1 Å². The Labute approximate surface area is 82.9 Å². The second-order valence-electron chi connectivity index (χ2n) is 5.16. The summed E-state index contributed by atoms with van der Waals surface area (Å²) in [5, 5.41) is 0. The van der Waals surface area contributed by atoms with E-state index in [4.69, 9.17) is 4.74 Å². The monoisotopic (exact) mass is 183 g/mol. The molecule has 0 heterocycles. The van der Waals surface area contributed by atoms with E-state index in [2.05, 4.69) is 20.8 Å². The second kappa shape index (κ2) is 4.00. The Morgan fingerprint density at radius 3 is 2.00 bits per heavy atom. The van der Waals surface area contributed by atoms with Crippen molar-refractivity contribution >= 4 is 0 Å². The molecule has 0 amide bonds. The van der Waals surface area contributed by atoms with Crippen molar-refractivity contribution in [3.05, 3.63) is 6.61 Å². The largest absolute Gasteiger partial charge is 0.369 e. The zero-order valence-electron chi connectivity index (χ0n) is 9.52. The molecule has 1 heteroatoms. The van der Waals surface area contributed by atoms with E-state index in [1.54, 1.807) is 0 Å². The fraction of sp³-hybridized carbons (Fsp3) is 0.917. The molecule has 1 nitrogen and oxygen atoms in total. The second-order valence-corrected chi connectivity index (χ2v) is 5.16. The van der Waals surface area contributed by atoms with E-state index in [0.29, 0.717) is 0 Å². The van der Waals surface area contributed by atoms with Gasteiger partial charge in [-0.1, -0.05) is 40.0 Å². The minimum atomic E-state index is 0.111. The van der Waals surface area contributed by atoms with Gasteiger partial charge in [0.15, 0.2) is 0 Å². The first kappa shape index (κ1) is 11.0. The van der Waals surface area contributed by atoms with Crippen LogP contribution >= 0.6 is 0 Å². The van der Waals surface area contributed by atoms with Crippen molar-refractivity contribution < 1.29 is 4.74 Å². The third-order valence-electron chi connectivity index (χ3n) is 3.37. The van der Waals surface area contributed by atoms with Gasteiger partial charge in [-0.05, 0) is 25.2 Å². The van der Waals surface area contributed by atoms with Gasteiger partial charge in [-0.2, -0.15) is 0 Å². The van der Waals surface area contributed by atoms with Gasteiger partial charge in [-0.3, -0.25) is 0 Å². The highest BCUT2D eigenvalue weighted by molar-refractivity contribution is 4.95. The van der Waals surface area contributed by atoms with Gasteiger partial charge in [0, 0.05) is 0 Å². The summed E-state index contributed by atoms with van der Waals surface area (Å²) in [5.41, 5.74) is 0.375.